The molecule has 1 amide bonds. The molecule has 0 aliphatic carbocycles. The van der Waals surface area contributed by atoms with Gasteiger partial charge in [0.2, 0.25) is 0 Å². The minimum atomic E-state index is -0.234. The molecule has 5 heteroatoms. The Balaban J connectivity index is 2.16. The molecule has 0 aliphatic rings. The monoisotopic (exact) mass is 245 g/mol. The number of rotatable bonds is 3. The third kappa shape index (κ3) is 2.51. The molecule has 94 valence electrons. The van der Waals surface area contributed by atoms with E-state index in [0.717, 1.165) is 16.9 Å². The molecular weight excluding hydrogens is 230 g/mol. The lowest BCUT2D eigenvalue weighted by Crippen LogP contribution is -2.12. The predicted molar refractivity (Wildman–Crippen MR) is 69.9 cm³/mol. The molecule has 5 nitrogen and oxygen atoms in total. The molecule has 1 aromatic carbocycles. The Morgan fingerprint density at radius 2 is 2.11 bits per heavy atom. The lowest BCUT2D eigenvalue weighted by atomic mass is 10.1. The normalized spacial score (nSPS) is 10.2. The summed E-state index contributed by atoms with van der Waals surface area (Å²) in [5.74, 6) is -0.234. The summed E-state index contributed by atoms with van der Waals surface area (Å²) in [4.78, 5) is 16.0. The smallest absolute Gasteiger partial charge is 0.301 e. The van der Waals surface area contributed by atoms with Gasteiger partial charge < -0.3 is 9.73 Å². The van der Waals surface area contributed by atoms with Crippen LogP contribution in [0, 0.1) is 13.8 Å². The fourth-order valence-electron chi connectivity index (χ4n) is 1.67. The molecule has 2 aromatic rings. The van der Waals surface area contributed by atoms with E-state index >= 15 is 0 Å². The van der Waals surface area contributed by atoms with E-state index in [1.165, 1.54) is 6.26 Å². The molecule has 2 rings (SSSR count). The molecule has 2 N–H and O–H groups in total. The number of amides is 1. The van der Waals surface area contributed by atoms with Crippen molar-refractivity contribution in [2.24, 2.45) is 0 Å². The zero-order chi connectivity index (χ0) is 13.1. The molecule has 0 fully saturated rings. The van der Waals surface area contributed by atoms with Gasteiger partial charge in [0, 0.05) is 18.3 Å². The van der Waals surface area contributed by atoms with Crippen molar-refractivity contribution in [3.8, 4) is 0 Å². The van der Waals surface area contributed by atoms with E-state index in [9.17, 15) is 4.79 Å². The summed E-state index contributed by atoms with van der Waals surface area (Å²) in [6.45, 7) is 3.74. The molecule has 0 atom stereocenters. The van der Waals surface area contributed by atoms with Crippen LogP contribution in [0.4, 0.5) is 11.7 Å². The minimum Gasteiger partial charge on any atom is -0.432 e. The number of anilines is 2. The maximum Gasteiger partial charge on any atom is 0.301 e. The number of hydrogen-bond donors (Lipinski definition) is 2. The minimum absolute atomic E-state index is 0.216. The third-order valence-corrected chi connectivity index (χ3v) is 2.60. The van der Waals surface area contributed by atoms with Gasteiger partial charge in [-0.05, 0) is 37.6 Å². The van der Waals surface area contributed by atoms with Crippen molar-refractivity contribution in [1.82, 2.24) is 4.98 Å². The second-order valence-electron chi connectivity index (χ2n) is 4.03. The molecule has 0 saturated carbocycles. The molecule has 0 spiro atoms. The number of benzene rings is 1. The first-order chi connectivity index (χ1) is 8.60. The van der Waals surface area contributed by atoms with E-state index in [1.54, 1.807) is 13.0 Å². The van der Waals surface area contributed by atoms with Gasteiger partial charge in [0.25, 0.3) is 5.91 Å². The highest BCUT2D eigenvalue weighted by Crippen LogP contribution is 2.17. The summed E-state index contributed by atoms with van der Waals surface area (Å²) >= 11 is 0. The lowest BCUT2D eigenvalue weighted by Gasteiger charge is -2.07. The standard InChI is InChI=1S/C13H15N3O2/c1-8-6-10(4-5-11(8)14-3)12(17)16-13-15-9(2)7-18-13/h4-7,14H,1-3H3,(H,15,16,17). The van der Waals surface area contributed by atoms with Crippen molar-refractivity contribution in [3.63, 3.8) is 0 Å². The molecule has 18 heavy (non-hydrogen) atoms. The van der Waals surface area contributed by atoms with Gasteiger partial charge in [0.15, 0.2) is 0 Å². The van der Waals surface area contributed by atoms with Gasteiger partial charge in [-0.2, -0.15) is 4.98 Å². The number of carbonyl (C=O) groups is 1. The van der Waals surface area contributed by atoms with E-state index in [0.29, 0.717) is 5.56 Å². The van der Waals surface area contributed by atoms with E-state index in [1.807, 2.05) is 26.1 Å². The molecular formula is C13H15N3O2. The van der Waals surface area contributed by atoms with E-state index in [-0.39, 0.29) is 11.9 Å². The zero-order valence-electron chi connectivity index (χ0n) is 10.6. The van der Waals surface area contributed by atoms with Crippen LogP contribution in [0.3, 0.4) is 0 Å². The SMILES string of the molecule is CNc1ccc(C(=O)Nc2nc(C)co2)cc1C. The maximum absolute atomic E-state index is 11.9. The van der Waals surface area contributed by atoms with Gasteiger partial charge >= 0.3 is 6.01 Å². The Kier molecular flexibility index (Phi) is 3.32. The summed E-state index contributed by atoms with van der Waals surface area (Å²) in [7, 11) is 1.84. The zero-order valence-corrected chi connectivity index (χ0v) is 10.6. The van der Waals surface area contributed by atoms with Crippen molar-refractivity contribution >= 4 is 17.6 Å². The highest BCUT2D eigenvalue weighted by atomic mass is 16.4. The van der Waals surface area contributed by atoms with E-state index in [4.69, 9.17) is 4.42 Å². The van der Waals surface area contributed by atoms with Gasteiger partial charge in [-0.25, -0.2) is 0 Å². The number of hydrogen-bond acceptors (Lipinski definition) is 4. The van der Waals surface area contributed by atoms with Gasteiger partial charge in [-0.1, -0.05) is 0 Å². The van der Waals surface area contributed by atoms with Crippen LogP contribution in [0.2, 0.25) is 0 Å². The van der Waals surface area contributed by atoms with Crippen molar-refractivity contribution in [2.75, 3.05) is 17.7 Å². The van der Waals surface area contributed by atoms with E-state index < -0.39 is 0 Å². The summed E-state index contributed by atoms with van der Waals surface area (Å²) < 4.78 is 5.08. The molecule has 0 saturated heterocycles. The van der Waals surface area contributed by atoms with Crippen LogP contribution in [0.25, 0.3) is 0 Å². The van der Waals surface area contributed by atoms with Crippen molar-refractivity contribution in [1.29, 1.82) is 0 Å². The predicted octanol–water partition coefficient (Wildman–Crippen LogP) is 2.59. The number of aryl methyl sites for hydroxylation is 2. The van der Waals surface area contributed by atoms with E-state index in [2.05, 4.69) is 15.6 Å². The van der Waals surface area contributed by atoms with Crippen LogP contribution in [-0.4, -0.2) is 17.9 Å². The number of nitrogens with one attached hydrogen (secondary N) is 2. The van der Waals surface area contributed by atoms with Crippen molar-refractivity contribution in [3.05, 3.63) is 41.3 Å². The average Bonchev–Trinajstić information content (AvgIpc) is 2.74. The quantitative estimate of drug-likeness (QED) is 0.872. The number of nitrogens with zero attached hydrogens (tertiary/aromatic N) is 1. The van der Waals surface area contributed by atoms with Gasteiger partial charge in [0.1, 0.15) is 6.26 Å². The molecule has 0 unspecified atom stereocenters. The largest absolute Gasteiger partial charge is 0.432 e. The maximum atomic E-state index is 11.9. The first-order valence-electron chi connectivity index (χ1n) is 5.62. The fraction of sp³-hybridized carbons (Fsp3) is 0.231. The van der Waals surface area contributed by atoms with Crippen LogP contribution in [0.5, 0.6) is 0 Å². The van der Waals surface area contributed by atoms with Crippen molar-refractivity contribution in [2.45, 2.75) is 13.8 Å². The summed E-state index contributed by atoms with van der Waals surface area (Å²) in [5, 5.41) is 5.66. The Hall–Kier alpha value is -2.30. The average molecular weight is 245 g/mol. The Labute approximate surface area is 105 Å². The number of aromatic nitrogens is 1. The van der Waals surface area contributed by atoms with Gasteiger partial charge in [-0.3, -0.25) is 10.1 Å². The Morgan fingerprint density at radius 1 is 1.33 bits per heavy atom. The second kappa shape index (κ2) is 4.91. The highest BCUT2D eigenvalue weighted by molar-refractivity contribution is 6.03. The Bertz CT molecular complexity index is 575. The first-order valence-corrected chi connectivity index (χ1v) is 5.62. The Morgan fingerprint density at radius 3 is 2.67 bits per heavy atom. The number of oxazole rings is 1. The fourth-order valence-corrected chi connectivity index (χ4v) is 1.67. The second-order valence-corrected chi connectivity index (χ2v) is 4.03. The number of carbonyl (C=O) groups excluding carboxylic acids is 1. The molecule has 1 heterocycles. The molecule has 0 bridgehead atoms. The third-order valence-electron chi connectivity index (χ3n) is 2.60. The van der Waals surface area contributed by atoms with Crippen LogP contribution < -0.4 is 10.6 Å². The first kappa shape index (κ1) is 12.2. The molecule has 0 radical (unpaired) electrons. The summed E-state index contributed by atoms with van der Waals surface area (Å²) in [6.07, 6.45) is 1.49. The van der Waals surface area contributed by atoms with Crippen LogP contribution >= 0.6 is 0 Å². The van der Waals surface area contributed by atoms with Gasteiger partial charge in [-0.15, -0.1) is 0 Å². The molecule has 1 aromatic heterocycles. The van der Waals surface area contributed by atoms with Crippen LogP contribution in [0.15, 0.2) is 28.9 Å². The highest BCUT2D eigenvalue weighted by Gasteiger charge is 2.10. The summed E-state index contributed by atoms with van der Waals surface area (Å²) in [5.41, 5.74) is 3.31. The van der Waals surface area contributed by atoms with Gasteiger partial charge in [0.05, 0.1) is 5.69 Å². The topological polar surface area (TPSA) is 67.2 Å². The lowest BCUT2D eigenvalue weighted by molar-refractivity contribution is 0.102. The van der Waals surface area contributed by atoms with Crippen molar-refractivity contribution < 1.29 is 9.21 Å². The summed E-state index contributed by atoms with van der Waals surface area (Å²) in [6, 6.07) is 5.65. The van der Waals surface area contributed by atoms with Crippen LogP contribution in [-0.2, 0) is 0 Å². The van der Waals surface area contributed by atoms with Crippen LogP contribution in [0.1, 0.15) is 21.6 Å². The molecule has 0 aliphatic heterocycles.